The van der Waals surface area contributed by atoms with Gasteiger partial charge >= 0.3 is 6.03 Å². The Labute approximate surface area is 67.5 Å². The smallest absolute Gasteiger partial charge is 0.314 e. The Balaban J connectivity index is 2.16. The van der Waals surface area contributed by atoms with E-state index in [1.54, 1.807) is 7.05 Å². The number of hydrogen-bond acceptors (Lipinski definition) is 1. The molecule has 1 fully saturated rings. The summed E-state index contributed by atoms with van der Waals surface area (Å²) in [5, 5.41) is 5.36. The van der Waals surface area contributed by atoms with Gasteiger partial charge in [-0.2, -0.15) is 0 Å². The van der Waals surface area contributed by atoms with E-state index in [0.717, 1.165) is 6.54 Å². The van der Waals surface area contributed by atoms with Gasteiger partial charge in [-0.1, -0.05) is 13.3 Å². The molecular weight excluding hydrogens is 140 g/mol. The van der Waals surface area contributed by atoms with Gasteiger partial charge in [0.1, 0.15) is 0 Å². The maximum atomic E-state index is 10.8. The van der Waals surface area contributed by atoms with Gasteiger partial charge < -0.3 is 10.6 Å². The summed E-state index contributed by atoms with van der Waals surface area (Å²) in [6, 6.07) is -0.0712. The van der Waals surface area contributed by atoms with Gasteiger partial charge in [0, 0.05) is 13.6 Å². The molecule has 3 nitrogen and oxygen atoms in total. The van der Waals surface area contributed by atoms with Crippen molar-refractivity contribution in [1.82, 2.24) is 10.6 Å². The predicted molar refractivity (Wildman–Crippen MR) is 44.4 cm³/mol. The van der Waals surface area contributed by atoms with Crippen LogP contribution >= 0.6 is 0 Å². The fraction of sp³-hybridized carbons (Fsp3) is 0.875. The molecule has 0 aromatic carbocycles. The van der Waals surface area contributed by atoms with Gasteiger partial charge in [0.05, 0.1) is 0 Å². The third-order valence-electron chi connectivity index (χ3n) is 2.46. The number of rotatable bonds is 2. The first-order valence-corrected chi connectivity index (χ1v) is 4.12. The third-order valence-corrected chi connectivity index (χ3v) is 2.46. The van der Waals surface area contributed by atoms with E-state index in [1.165, 1.54) is 19.3 Å². The molecule has 0 aliphatic heterocycles. The number of carbonyl (C=O) groups is 1. The minimum Gasteiger partial charge on any atom is -0.341 e. The van der Waals surface area contributed by atoms with Gasteiger partial charge in [-0.15, -0.1) is 0 Å². The Kier molecular flexibility index (Phi) is 2.37. The first-order valence-electron chi connectivity index (χ1n) is 4.12. The van der Waals surface area contributed by atoms with Crippen LogP contribution in [0.2, 0.25) is 0 Å². The largest absolute Gasteiger partial charge is 0.341 e. The lowest BCUT2D eigenvalue weighted by atomic mass is 9.70. The summed E-state index contributed by atoms with van der Waals surface area (Å²) in [5.41, 5.74) is 0.381. The normalized spacial score (nSPS) is 20.2. The van der Waals surface area contributed by atoms with E-state index in [2.05, 4.69) is 17.6 Å². The minimum atomic E-state index is -0.0712. The monoisotopic (exact) mass is 156 g/mol. The van der Waals surface area contributed by atoms with Crippen LogP contribution in [0.25, 0.3) is 0 Å². The topological polar surface area (TPSA) is 41.1 Å². The van der Waals surface area contributed by atoms with E-state index in [4.69, 9.17) is 0 Å². The Hall–Kier alpha value is -0.730. The van der Waals surface area contributed by atoms with Crippen molar-refractivity contribution >= 4 is 6.03 Å². The summed E-state index contributed by atoms with van der Waals surface area (Å²) in [6.45, 7) is 3.03. The van der Waals surface area contributed by atoms with Crippen LogP contribution in [0.3, 0.4) is 0 Å². The zero-order chi connectivity index (χ0) is 8.32. The van der Waals surface area contributed by atoms with Crippen LogP contribution in [0.15, 0.2) is 0 Å². The fourth-order valence-corrected chi connectivity index (χ4v) is 1.34. The lowest BCUT2D eigenvalue weighted by Gasteiger charge is -2.38. The molecule has 0 atom stereocenters. The van der Waals surface area contributed by atoms with Crippen molar-refractivity contribution in [3.05, 3.63) is 0 Å². The van der Waals surface area contributed by atoms with Crippen molar-refractivity contribution in [2.24, 2.45) is 5.41 Å². The van der Waals surface area contributed by atoms with Gasteiger partial charge in [-0.05, 0) is 18.3 Å². The summed E-state index contributed by atoms with van der Waals surface area (Å²) in [5.74, 6) is 0. The first kappa shape index (κ1) is 8.37. The molecule has 3 heteroatoms. The molecule has 0 radical (unpaired) electrons. The first-order chi connectivity index (χ1) is 5.16. The van der Waals surface area contributed by atoms with Gasteiger partial charge in [-0.3, -0.25) is 0 Å². The van der Waals surface area contributed by atoms with E-state index in [-0.39, 0.29) is 6.03 Å². The Morgan fingerprint density at radius 2 is 2.18 bits per heavy atom. The highest BCUT2D eigenvalue weighted by atomic mass is 16.2. The zero-order valence-corrected chi connectivity index (χ0v) is 7.24. The molecule has 64 valence electrons. The Morgan fingerprint density at radius 1 is 1.55 bits per heavy atom. The molecule has 11 heavy (non-hydrogen) atoms. The molecular formula is C8H16N2O. The molecule has 0 aromatic heterocycles. The van der Waals surface area contributed by atoms with Crippen molar-refractivity contribution in [2.45, 2.75) is 26.2 Å². The molecule has 1 aliphatic rings. The average molecular weight is 156 g/mol. The molecule has 0 spiro atoms. The van der Waals surface area contributed by atoms with Crippen LogP contribution in [0.4, 0.5) is 4.79 Å². The summed E-state index contributed by atoms with van der Waals surface area (Å²) >= 11 is 0. The van der Waals surface area contributed by atoms with E-state index < -0.39 is 0 Å². The van der Waals surface area contributed by atoms with Crippen LogP contribution < -0.4 is 10.6 Å². The SMILES string of the molecule is CNC(=O)NCC1(C)CCC1. The fourth-order valence-electron chi connectivity index (χ4n) is 1.34. The highest BCUT2D eigenvalue weighted by Crippen LogP contribution is 2.39. The van der Waals surface area contributed by atoms with E-state index in [9.17, 15) is 4.79 Å². The van der Waals surface area contributed by atoms with Gasteiger partial charge in [0.2, 0.25) is 0 Å². The second-order valence-electron chi connectivity index (χ2n) is 3.60. The minimum absolute atomic E-state index is 0.0712. The van der Waals surface area contributed by atoms with E-state index in [1.807, 2.05) is 0 Å². The summed E-state index contributed by atoms with van der Waals surface area (Å²) in [7, 11) is 1.64. The van der Waals surface area contributed by atoms with Crippen LogP contribution in [-0.4, -0.2) is 19.6 Å². The van der Waals surface area contributed by atoms with Crippen molar-refractivity contribution < 1.29 is 4.79 Å². The van der Waals surface area contributed by atoms with Crippen LogP contribution in [-0.2, 0) is 0 Å². The van der Waals surface area contributed by atoms with E-state index >= 15 is 0 Å². The molecule has 2 amide bonds. The van der Waals surface area contributed by atoms with E-state index in [0.29, 0.717) is 5.41 Å². The van der Waals surface area contributed by atoms with Crippen molar-refractivity contribution in [2.75, 3.05) is 13.6 Å². The van der Waals surface area contributed by atoms with Gasteiger partial charge in [0.25, 0.3) is 0 Å². The molecule has 1 rings (SSSR count). The second kappa shape index (κ2) is 3.11. The van der Waals surface area contributed by atoms with Crippen LogP contribution in [0, 0.1) is 5.41 Å². The Bertz CT molecular complexity index is 152. The average Bonchev–Trinajstić information content (AvgIpc) is 1.96. The van der Waals surface area contributed by atoms with Gasteiger partial charge in [-0.25, -0.2) is 4.79 Å². The summed E-state index contributed by atoms with van der Waals surface area (Å²) in [6.07, 6.45) is 3.81. The molecule has 0 bridgehead atoms. The maximum absolute atomic E-state index is 10.8. The molecule has 0 saturated heterocycles. The van der Waals surface area contributed by atoms with Gasteiger partial charge in [0.15, 0.2) is 0 Å². The quantitative estimate of drug-likeness (QED) is 0.617. The number of urea groups is 1. The molecule has 1 aliphatic carbocycles. The Morgan fingerprint density at radius 3 is 2.55 bits per heavy atom. The van der Waals surface area contributed by atoms with Crippen molar-refractivity contribution in [3.63, 3.8) is 0 Å². The molecule has 1 saturated carbocycles. The summed E-state index contributed by atoms with van der Waals surface area (Å²) < 4.78 is 0. The number of carbonyl (C=O) groups excluding carboxylic acids is 1. The lowest BCUT2D eigenvalue weighted by molar-refractivity contribution is 0.157. The predicted octanol–water partition coefficient (Wildman–Crippen LogP) is 1.11. The number of nitrogens with one attached hydrogen (secondary N) is 2. The lowest BCUT2D eigenvalue weighted by Crippen LogP contribution is -2.43. The van der Waals surface area contributed by atoms with Crippen LogP contribution in [0.1, 0.15) is 26.2 Å². The molecule has 0 unspecified atom stereocenters. The highest BCUT2D eigenvalue weighted by molar-refractivity contribution is 5.73. The molecule has 2 N–H and O–H groups in total. The van der Waals surface area contributed by atoms with Crippen molar-refractivity contribution in [3.8, 4) is 0 Å². The standard InChI is InChI=1S/C8H16N2O/c1-8(4-3-5-8)6-10-7(11)9-2/h3-6H2,1-2H3,(H2,9,10,11). The zero-order valence-electron chi connectivity index (χ0n) is 7.24. The number of amides is 2. The molecule has 0 heterocycles. The number of hydrogen-bond donors (Lipinski definition) is 2. The molecule has 0 aromatic rings. The van der Waals surface area contributed by atoms with Crippen LogP contribution in [0.5, 0.6) is 0 Å². The highest BCUT2D eigenvalue weighted by Gasteiger charge is 2.31. The third kappa shape index (κ3) is 2.10. The maximum Gasteiger partial charge on any atom is 0.314 e. The summed E-state index contributed by atoms with van der Waals surface area (Å²) in [4.78, 5) is 10.8. The second-order valence-corrected chi connectivity index (χ2v) is 3.60. The van der Waals surface area contributed by atoms with Crippen molar-refractivity contribution in [1.29, 1.82) is 0 Å².